The number of rotatable bonds is 7. The normalized spacial score (nSPS) is 22.9. The van der Waals surface area contributed by atoms with Crippen LogP contribution in [0.1, 0.15) is 58.8 Å². The van der Waals surface area contributed by atoms with E-state index in [2.05, 4.69) is 18.7 Å². The third-order valence-electron chi connectivity index (χ3n) is 3.60. The maximum Gasteiger partial charge on any atom is 0.0431 e. The minimum Gasteiger partial charge on any atom is -0.396 e. The van der Waals surface area contributed by atoms with Crippen molar-refractivity contribution in [3.63, 3.8) is 0 Å². The first-order valence-electron chi connectivity index (χ1n) is 7.09. The van der Waals surface area contributed by atoms with Gasteiger partial charge >= 0.3 is 0 Å². The van der Waals surface area contributed by atoms with Crippen molar-refractivity contribution in [1.82, 2.24) is 4.90 Å². The maximum atomic E-state index is 8.76. The second-order valence-corrected chi connectivity index (χ2v) is 5.60. The van der Waals surface area contributed by atoms with E-state index in [1.54, 1.807) is 0 Å². The molecule has 0 radical (unpaired) electrons. The molecule has 1 saturated heterocycles. The fourth-order valence-corrected chi connectivity index (χ4v) is 2.77. The zero-order valence-electron chi connectivity index (χ0n) is 11.1. The molecule has 0 saturated carbocycles. The first kappa shape index (κ1) is 14.0. The van der Waals surface area contributed by atoms with Crippen molar-refractivity contribution in [2.75, 3.05) is 19.7 Å². The Morgan fingerprint density at radius 3 is 2.69 bits per heavy atom. The van der Waals surface area contributed by atoms with Gasteiger partial charge in [-0.2, -0.15) is 0 Å². The van der Waals surface area contributed by atoms with Crippen LogP contribution in [0, 0.1) is 5.92 Å². The monoisotopic (exact) mass is 227 g/mol. The summed E-state index contributed by atoms with van der Waals surface area (Å²) in [5.41, 5.74) is 0. The molecule has 0 aromatic carbocycles. The van der Waals surface area contributed by atoms with Crippen LogP contribution in [-0.4, -0.2) is 35.7 Å². The quantitative estimate of drug-likeness (QED) is 0.676. The van der Waals surface area contributed by atoms with E-state index in [-0.39, 0.29) is 0 Å². The molecule has 1 unspecified atom stereocenters. The van der Waals surface area contributed by atoms with Gasteiger partial charge in [-0.05, 0) is 57.5 Å². The molecule has 16 heavy (non-hydrogen) atoms. The van der Waals surface area contributed by atoms with Gasteiger partial charge < -0.3 is 10.0 Å². The summed E-state index contributed by atoms with van der Waals surface area (Å²) in [4.78, 5) is 2.70. The van der Waals surface area contributed by atoms with Gasteiger partial charge in [-0.15, -0.1) is 0 Å². The maximum absolute atomic E-state index is 8.76. The van der Waals surface area contributed by atoms with E-state index in [1.165, 1.54) is 51.6 Å². The first-order valence-corrected chi connectivity index (χ1v) is 7.09. The van der Waals surface area contributed by atoms with Crippen LogP contribution < -0.4 is 0 Å². The van der Waals surface area contributed by atoms with Crippen LogP contribution in [0.5, 0.6) is 0 Å². The summed E-state index contributed by atoms with van der Waals surface area (Å²) >= 11 is 0. The molecule has 2 heteroatoms. The SMILES string of the molecule is CC(C)CC1CCCCN1CCCCCO. The lowest BCUT2D eigenvalue weighted by atomic mass is 9.94. The second-order valence-electron chi connectivity index (χ2n) is 5.60. The zero-order valence-corrected chi connectivity index (χ0v) is 11.1. The minimum absolute atomic E-state index is 0.357. The number of nitrogens with zero attached hydrogens (tertiary/aromatic N) is 1. The Morgan fingerprint density at radius 1 is 1.19 bits per heavy atom. The lowest BCUT2D eigenvalue weighted by Gasteiger charge is -2.36. The van der Waals surface area contributed by atoms with Gasteiger partial charge in [-0.1, -0.05) is 20.3 Å². The van der Waals surface area contributed by atoms with E-state index in [1.807, 2.05) is 0 Å². The summed E-state index contributed by atoms with van der Waals surface area (Å²) in [6.45, 7) is 7.57. The molecular weight excluding hydrogens is 198 g/mol. The highest BCUT2D eigenvalue weighted by Crippen LogP contribution is 2.23. The average Bonchev–Trinajstić information content (AvgIpc) is 2.26. The number of unbranched alkanes of at least 4 members (excludes halogenated alkanes) is 2. The molecular formula is C14H29NO. The molecule has 1 fully saturated rings. The van der Waals surface area contributed by atoms with E-state index in [0.29, 0.717) is 6.61 Å². The van der Waals surface area contributed by atoms with Crippen molar-refractivity contribution in [1.29, 1.82) is 0 Å². The highest BCUT2D eigenvalue weighted by Gasteiger charge is 2.22. The number of hydrogen-bond donors (Lipinski definition) is 1. The van der Waals surface area contributed by atoms with Crippen LogP contribution in [0.15, 0.2) is 0 Å². The molecule has 0 spiro atoms. The highest BCUT2D eigenvalue weighted by atomic mass is 16.2. The Bertz CT molecular complexity index is 170. The van der Waals surface area contributed by atoms with E-state index in [9.17, 15) is 0 Å². The molecule has 1 rings (SSSR count). The summed E-state index contributed by atoms with van der Waals surface area (Å²) < 4.78 is 0. The number of aliphatic hydroxyl groups is 1. The zero-order chi connectivity index (χ0) is 11.8. The lowest BCUT2D eigenvalue weighted by molar-refractivity contribution is 0.126. The summed E-state index contributed by atoms with van der Waals surface area (Å²) in [7, 11) is 0. The molecule has 0 bridgehead atoms. The third-order valence-corrected chi connectivity index (χ3v) is 3.60. The smallest absolute Gasteiger partial charge is 0.0431 e. The average molecular weight is 227 g/mol. The van der Waals surface area contributed by atoms with Crippen LogP contribution in [0.2, 0.25) is 0 Å². The number of likely N-dealkylation sites (tertiary alicyclic amines) is 1. The van der Waals surface area contributed by atoms with Crippen LogP contribution in [-0.2, 0) is 0 Å². The van der Waals surface area contributed by atoms with Crippen LogP contribution in [0.4, 0.5) is 0 Å². The summed E-state index contributed by atoms with van der Waals surface area (Å²) in [5, 5.41) is 8.76. The molecule has 1 aliphatic rings. The molecule has 1 atom stereocenters. The molecule has 0 aliphatic carbocycles. The van der Waals surface area contributed by atoms with E-state index >= 15 is 0 Å². The van der Waals surface area contributed by atoms with Gasteiger partial charge in [0.2, 0.25) is 0 Å². The van der Waals surface area contributed by atoms with E-state index < -0.39 is 0 Å². The summed E-state index contributed by atoms with van der Waals surface area (Å²) in [6.07, 6.45) is 8.98. The fraction of sp³-hybridized carbons (Fsp3) is 1.00. The van der Waals surface area contributed by atoms with Crippen LogP contribution >= 0.6 is 0 Å². The largest absolute Gasteiger partial charge is 0.396 e. The van der Waals surface area contributed by atoms with Crippen molar-refractivity contribution in [3.8, 4) is 0 Å². The molecule has 1 N–H and O–H groups in total. The third kappa shape index (κ3) is 5.31. The van der Waals surface area contributed by atoms with Crippen molar-refractivity contribution < 1.29 is 5.11 Å². The molecule has 0 aromatic rings. The Kier molecular flexibility index (Phi) is 7.06. The second kappa shape index (κ2) is 8.08. The lowest BCUT2D eigenvalue weighted by Crippen LogP contribution is -2.40. The van der Waals surface area contributed by atoms with Gasteiger partial charge in [0.05, 0.1) is 0 Å². The first-order chi connectivity index (χ1) is 7.74. The van der Waals surface area contributed by atoms with Crippen molar-refractivity contribution >= 4 is 0 Å². The fourth-order valence-electron chi connectivity index (χ4n) is 2.77. The molecule has 0 aromatic heterocycles. The van der Waals surface area contributed by atoms with Gasteiger partial charge in [0.25, 0.3) is 0 Å². The van der Waals surface area contributed by atoms with Crippen molar-refractivity contribution in [2.24, 2.45) is 5.92 Å². The molecule has 96 valence electrons. The predicted molar refractivity (Wildman–Crippen MR) is 69.6 cm³/mol. The van der Waals surface area contributed by atoms with Crippen LogP contribution in [0.25, 0.3) is 0 Å². The molecule has 1 heterocycles. The predicted octanol–water partition coefficient (Wildman–Crippen LogP) is 3.05. The van der Waals surface area contributed by atoms with Gasteiger partial charge in [-0.3, -0.25) is 0 Å². The standard InChI is InChI=1S/C14H29NO/c1-13(2)12-14-8-4-6-10-15(14)9-5-3-7-11-16/h13-14,16H,3-12H2,1-2H3. The topological polar surface area (TPSA) is 23.5 Å². The summed E-state index contributed by atoms with van der Waals surface area (Å²) in [6, 6.07) is 0.836. The van der Waals surface area contributed by atoms with Crippen molar-refractivity contribution in [3.05, 3.63) is 0 Å². The van der Waals surface area contributed by atoms with Crippen molar-refractivity contribution in [2.45, 2.75) is 64.8 Å². The highest BCUT2D eigenvalue weighted by molar-refractivity contribution is 4.77. The van der Waals surface area contributed by atoms with E-state index in [4.69, 9.17) is 5.11 Å². The Balaban J connectivity index is 2.23. The Morgan fingerprint density at radius 2 is 2.00 bits per heavy atom. The van der Waals surface area contributed by atoms with Gasteiger partial charge in [-0.25, -0.2) is 0 Å². The van der Waals surface area contributed by atoms with Gasteiger partial charge in [0.15, 0.2) is 0 Å². The van der Waals surface area contributed by atoms with Gasteiger partial charge in [0.1, 0.15) is 0 Å². The molecule has 2 nitrogen and oxygen atoms in total. The van der Waals surface area contributed by atoms with E-state index in [0.717, 1.165) is 18.4 Å². The Labute approximate surface area is 101 Å². The number of piperidine rings is 1. The molecule has 1 aliphatic heterocycles. The number of hydrogen-bond acceptors (Lipinski definition) is 2. The number of aliphatic hydroxyl groups excluding tert-OH is 1. The minimum atomic E-state index is 0.357. The summed E-state index contributed by atoms with van der Waals surface area (Å²) in [5.74, 6) is 0.822. The Hall–Kier alpha value is -0.0800. The molecule has 0 amide bonds. The van der Waals surface area contributed by atoms with Crippen LogP contribution in [0.3, 0.4) is 0 Å². The van der Waals surface area contributed by atoms with Gasteiger partial charge in [0, 0.05) is 12.6 Å².